The van der Waals surface area contributed by atoms with Gasteiger partial charge < -0.3 is 10.5 Å². The number of ether oxygens (including phenoxy) is 1. The highest BCUT2D eigenvalue weighted by Gasteiger charge is 2.00. The summed E-state index contributed by atoms with van der Waals surface area (Å²) in [4.78, 5) is 1.09. The lowest BCUT2D eigenvalue weighted by Gasteiger charge is -2.07. The van der Waals surface area contributed by atoms with Crippen molar-refractivity contribution in [1.82, 2.24) is 0 Å². The number of hydrogen-bond donors (Lipinski definition) is 1. The van der Waals surface area contributed by atoms with E-state index in [4.69, 9.17) is 22.1 Å². The van der Waals surface area contributed by atoms with E-state index in [1.165, 1.54) is 5.56 Å². The molecule has 2 aromatic carbocycles. The molecule has 0 spiro atoms. The first-order valence-electron chi connectivity index (χ1n) is 6.59. The molecular weight excluding hydrogens is 290 g/mol. The van der Waals surface area contributed by atoms with Crippen LogP contribution in [0.4, 0.5) is 0 Å². The number of thioether (sulfide) groups is 1. The van der Waals surface area contributed by atoms with E-state index in [1.54, 1.807) is 11.8 Å². The zero-order valence-corrected chi connectivity index (χ0v) is 12.8. The molecule has 20 heavy (non-hydrogen) atoms. The van der Waals surface area contributed by atoms with Crippen molar-refractivity contribution in [2.24, 2.45) is 5.73 Å². The van der Waals surface area contributed by atoms with Gasteiger partial charge in [0, 0.05) is 10.6 Å². The van der Waals surface area contributed by atoms with E-state index in [2.05, 4.69) is 12.1 Å². The van der Waals surface area contributed by atoms with Crippen molar-refractivity contribution in [3.8, 4) is 5.75 Å². The summed E-state index contributed by atoms with van der Waals surface area (Å²) in [5.41, 5.74) is 6.76. The highest BCUT2D eigenvalue weighted by molar-refractivity contribution is 7.99. The zero-order chi connectivity index (χ0) is 14.2. The fourth-order valence-corrected chi connectivity index (χ4v) is 2.86. The molecule has 0 heterocycles. The number of nitrogens with two attached hydrogens (primary N) is 1. The van der Waals surface area contributed by atoms with Crippen LogP contribution in [0.5, 0.6) is 5.75 Å². The van der Waals surface area contributed by atoms with E-state index in [-0.39, 0.29) is 0 Å². The molecule has 4 heteroatoms. The molecule has 2 rings (SSSR count). The molecule has 0 atom stereocenters. The second kappa shape index (κ2) is 8.20. The minimum Gasteiger partial charge on any atom is -0.493 e. The molecule has 0 aliphatic heterocycles. The van der Waals surface area contributed by atoms with Crippen molar-refractivity contribution in [3.63, 3.8) is 0 Å². The molecule has 2 aromatic rings. The first-order chi connectivity index (χ1) is 9.79. The van der Waals surface area contributed by atoms with Crippen molar-refractivity contribution >= 4 is 23.4 Å². The van der Waals surface area contributed by atoms with Gasteiger partial charge in [-0.05, 0) is 42.8 Å². The average Bonchev–Trinajstić information content (AvgIpc) is 2.47. The van der Waals surface area contributed by atoms with Crippen LogP contribution in [0.15, 0.2) is 53.4 Å². The third-order valence-corrected chi connectivity index (χ3v) is 4.28. The highest BCUT2D eigenvalue weighted by Crippen LogP contribution is 2.26. The first-order valence-corrected chi connectivity index (χ1v) is 7.95. The fourth-order valence-electron chi connectivity index (χ4n) is 1.79. The number of hydrogen-bond acceptors (Lipinski definition) is 3. The van der Waals surface area contributed by atoms with Crippen LogP contribution in [0.25, 0.3) is 0 Å². The van der Waals surface area contributed by atoms with Crippen LogP contribution in [-0.4, -0.2) is 18.9 Å². The van der Waals surface area contributed by atoms with Gasteiger partial charge >= 0.3 is 0 Å². The zero-order valence-electron chi connectivity index (χ0n) is 11.2. The minimum absolute atomic E-state index is 0.659. The minimum atomic E-state index is 0.659. The van der Waals surface area contributed by atoms with Crippen molar-refractivity contribution in [1.29, 1.82) is 0 Å². The Labute approximate surface area is 129 Å². The van der Waals surface area contributed by atoms with E-state index in [0.29, 0.717) is 13.2 Å². The van der Waals surface area contributed by atoms with E-state index < -0.39 is 0 Å². The Kier molecular flexibility index (Phi) is 6.25. The van der Waals surface area contributed by atoms with Crippen LogP contribution in [0.1, 0.15) is 5.56 Å². The van der Waals surface area contributed by atoms with Gasteiger partial charge in [-0.15, -0.1) is 11.8 Å². The molecule has 0 aliphatic rings. The maximum Gasteiger partial charge on any atom is 0.119 e. The summed E-state index contributed by atoms with van der Waals surface area (Å²) in [5.74, 6) is 1.76. The quantitative estimate of drug-likeness (QED) is 0.620. The summed E-state index contributed by atoms with van der Waals surface area (Å²) in [6.45, 7) is 1.33. The van der Waals surface area contributed by atoms with Gasteiger partial charge in [0.1, 0.15) is 5.75 Å². The summed E-state index contributed by atoms with van der Waals surface area (Å²) in [6, 6.07) is 16.0. The molecule has 2 N–H and O–H groups in total. The Morgan fingerprint density at radius 2 is 1.80 bits per heavy atom. The van der Waals surface area contributed by atoms with Gasteiger partial charge in [0.15, 0.2) is 0 Å². The first kappa shape index (κ1) is 15.2. The maximum atomic E-state index is 6.10. The second-order valence-electron chi connectivity index (χ2n) is 4.31. The van der Waals surface area contributed by atoms with Crippen LogP contribution in [0.2, 0.25) is 5.02 Å². The number of halogens is 1. The van der Waals surface area contributed by atoms with Crippen molar-refractivity contribution in [2.75, 3.05) is 18.9 Å². The predicted molar refractivity (Wildman–Crippen MR) is 86.9 cm³/mol. The summed E-state index contributed by atoms with van der Waals surface area (Å²) >= 11 is 7.80. The molecule has 0 bridgehead atoms. The molecule has 0 saturated carbocycles. The molecule has 0 fully saturated rings. The Morgan fingerprint density at radius 3 is 2.50 bits per heavy atom. The summed E-state index contributed by atoms with van der Waals surface area (Å²) in [7, 11) is 0. The standard InChI is InChI=1S/C16H18ClNOS/c17-15-3-1-2-4-16(15)20-12-11-19-14-7-5-13(6-8-14)9-10-18/h1-8H,9-12,18H2. The van der Waals surface area contributed by atoms with Gasteiger partial charge in [0.2, 0.25) is 0 Å². The predicted octanol–water partition coefficient (Wildman–Crippen LogP) is 4.01. The Bertz CT molecular complexity index is 530. The maximum absolute atomic E-state index is 6.10. The Morgan fingerprint density at radius 1 is 1.05 bits per heavy atom. The molecule has 2 nitrogen and oxygen atoms in total. The largest absolute Gasteiger partial charge is 0.493 e. The molecule has 106 valence electrons. The lowest BCUT2D eigenvalue weighted by Crippen LogP contribution is -2.03. The number of rotatable bonds is 7. The number of benzene rings is 2. The van der Waals surface area contributed by atoms with Gasteiger partial charge in [-0.1, -0.05) is 35.9 Å². The molecule has 0 aromatic heterocycles. The normalized spacial score (nSPS) is 10.5. The van der Waals surface area contributed by atoms with E-state index >= 15 is 0 Å². The smallest absolute Gasteiger partial charge is 0.119 e. The van der Waals surface area contributed by atoms with Gasteiger partial charge in [0.05, 0.1) is 11.6 Å². The molecule has 0 aliphatic carbocycles. The van der Waals surface area contributed by atoms with Crippen LogP contribution < -0.4 is 10.5 Å². The van der Waals surface area contributed by atoms with E-state index in [9.17, 15) is 0 Å². The van der Waals surface area contributed by atoms with E-state index in [0.717, 1.165) is 27.8 Å². The van der Waals surface area contributed by atoms with Crippen LogP contribution in [-0.2, 0) is 6.42 Å². The molecule has 0 amide bonds. The third kappa shape index (κ3) is 4.75. The summed E-state index contributed by atoms with van der Waals surface area (Å²) < 4.78 is 5.71. The van der Waals surface area contributed by atoms with Crippen molar-refractivity contribution < 1.29 is 4.74 Å². The van der Waals surface area contributed by atoms with Crippen molar-refractivity contribution in [2.45, 2.75) is 11.3 Å². The van der Waals surface area contributed by atoms with E-state index in [1.807, 2.05) is 36.4 Å². The molecule has 0 saturated heterocycles. The van der Waals surface area contributed by atoms with Gasteiger partial charge in [0.25, 0.3) is 0 Å². The summed E-state index contributed by atoms with van der Waals surface area (Å²) in [6.07, 6.45) is 0.905. The Balaban J connectivity index is 1.74. The third-order valence-electron chi connectivity index (χ3n) is 2.80. The fraction of sp³-hybridized carbons (Fsp3) is 0.250. The van der Waals surface area contributed by atoms with Gasteiger partial charge in [-0.3, -0.25) is 0 Å². The topological polar surface area (TPSA) is 35.2 Å². The molecule has 0 radical (unpaired) electrons. The average molecular weight is 308 g/mol. The summed E-state index contributed by atoms with van der Waals surface area (Å²) in [5, 5.41) is 0.795. The van der Waals surface area contributed by atoms with Gasteiger partial charge in [-0.2, -0.15) is 0 Å². The highest BCUT2D eigenvalue weighted by atomic mass is 35.5. The monoisotopic (exact) mass is 307 g/mol. The Hall–Kier alpha value is -1.16. The lowest BCUT2D eigenvalue weighted by molar-refractivity contribution is 0.344. The lowest BCUT2D eigenvalue weighted by atomic mass is 10.1. The van der Waals surface area contributed by atoms with Crippen LogP contribution >= 0.6 is 23.4 Å². The molecule has 0 unspecified atom stereocenters. The SMILES string of the molecule is NCCc1ccc(OCCSc2ccccc2Cl)cc1. The van der Waals surface area contributed by atoms with Crippen molar-refractivity contribution in [3.05, 3.63) is 59.1 Å². The van der Waals surface area contributed by atoms with Gasteiger partial charge in [-0.25, -0.2) is 0 Å². The molecular formula is C16H18ClNOS. The second-order valence-corrected chi connectivity index (χ2v) is 5.85. The van der Waals surface area contributed by atoms with Crippen LogP contribution in [0.3, 0.4) is 0 Å². The van der Waals surface area contributed by atoms with Crippen LogP contribution in [0, 0.1) is 0 Å².